The van der Waals surface area contributed by atoms with E-state index in [1.807, 2.05) is 0 Å². The van der Waals surface area contributed by atoms with E-state index in [2.05, 4.69) is 13.2 Å². The molecule has 0 aliphatic rings. The lowest BCUT2D eigenvalue weighted by atomic mass is 9.98. The van der Waals surface area contributed by atoms with E-state index in [9.17, 15) is 19.8 Å². The number of aromatic hydroxyl groups is 2. The van der Waals surface area contributed by atoms with Gasteiger partial charge in [0, 0.05) is 5.56 Å². The molecule has 0 amide bonds. The molecule has 5 heteroatoms. The van der Waals surface area contributed by atoms with Crippen LogP contribution in [0.2, 0.25) is 0 Å². The van der Waals surface area contributed by atoms with Crippen molar-refractivity contribution in [3.05, 3.63) is 72.8 Å². The van der Waals surface area contributed by atoms with Gasteiger partial charge in [0.25, 0.3) is 0 Å². The number of hydrogen-bond donors (Lipinski definition) is 2. The first kappa shape index (κ1) is 16.0. The third-order valence-corrected chi connectivity index (χ3v) is 3.10. The Morgan fingerprint density at radius 2 is 1.57 bits per heavy atom. The fraction of sp³-hybridized carbons (Fsp3) is 0. The van der Waals surface area contributed by atoms with Crippen molar-refractivity contribution in [1.29, 1.82) is 0 Å². The van der Waals surface area contributed by atoms with E-state index in [-0.39, 0.29) is 34.1 Å². The van der Waals surface area contributed by atoms with Crippen molar-refractivity contribution >= 4 is 11.6 Å². The highest BCUT2D eigenvalue weighted by molar-refractivity contribution is 6.17. The highest BCUT2D eigenvalue weighted by Crippen LogP contribution is 2.39. The number of hydrogen-bond acceptors (Lipinski definition) is 5. The fourth-order valence-corrected chi connectivity index (χ4v) is 1.99. The number of allylic oxidation sites excluding steroid dienone is 2. The van der Waals surface area contributed by atoms with Crippen LogP contribution < -0.4 is 4.74 Å². The molecule has 0 spiro atoms. The highest BCUT2D eigenvalue weighted by Gasteiger charge is 2.23. The molecule has 2 aromatic carbocycles. The number of para-hydroxylation sites is 2. The first-order valence-corrected chi connectivity index (χ1v) is 6.65. The van der Waals surface area contributed by atoms with Crippen molar-refractivity contribution in [3.8, 4) is 23.0 Å². The Morgan fingerprint density at radius 3 is 2.17 bits per heavy atom. The molecule has 0 fully saturated rings. The molecule has 23 heavy (non-hydrogen) atoms. The molecule has 0 aliphatic heterocycles. The Hall–Kier alpha value is -3.34. The minimum Gasteiger partial charge on any atom is -0.504 e. The van der Waals surface area contributed by atoms with Gasteiger partial charge in [-0.3, -0.25) is 9.59 Å². The molecular weight excluding hydrogens is 296 g/mol. The van der Waals surface area contributed by atoms with Crippen molar-refractivity contribution in [1.82, 2.24) is 0 Å². The third kappa shape index (κ3) is 3.13. The number of benzene rings is 2. The maximum absolute atomic E-state index is 12.1. The average molecular weight is 310 g/mol. The van der Waals surface area contributed by atoms with Crippen LogP contribution in [0.5, 0.6) is 23.0 Å². The summed E-state index contributed by atoms with van der Waals surface area (Å²) in [4.78, 5) is 24.1. The number of ether oxygens (including phenoxy) is 1. The lowest BCUT2D eigenvalue weighted by molar-refractivity contribution is 0.101. The molecule has 0 heterocycles. The number of rotatable bonds is 6. The van der Waals surface area contributed by atoms with E-state index in [4.69, 9.17) is 4.74 Å². The molecule has 2 rings (SSSR count). The topological polar surface area (TPSA) is 83.8 Å². The van der Waals surface area contributed by atoms with Crippen LogP contribution in [0, 0.1) is 0 Å². The molecule has 0 atom stereocenters. The molecule has 0 saturated heterocycles. The maximum atomic E-state index is 12.1. The van der Waals surface area contributed by atoms with Gasteiger partial charge in [-0.25, -0.2) is 0 Å². The summed E-state index contributed by atoms with van der Waals surface area (Å²) in [5, 5.41) is 19.8. The van der Waals surface area contributed by atoms with Gasteiger partial charge in [0.15, 0.2) is 34.6 Å². The smallest absolute Gasteiger partial charge is 0.189 e. The van der Waals surface area contributed by atoms with Crippen molar-refractivity contribution in [2.45, 2.75) is 0 Å². The normalized spacial score (nSPS) is 9.91. The summed E-state index contributed by atoms with van der Waals surface area (Å²) in [5.41, 5.74) is -0.124. The van der Waals surface area contributed by atoms with Crippen LogP contribution in [0.1, 0.15) is 20.7 Å². The minimum atomic E-state index is -0.600. The van der Waals surface area contributed by atoms with Gasteiger partial charge in [0.2, 0.25) is 0 Å². The van der Waals surface area contributed by atoms with Crippen LogP contribution in [-0.2, 0) is 0 Å². The Labute approximate surface area is 132 Å². The van der Waals surface area contributed by atoms with Gasteiger partial charge in [-0.15, -0.1) is 0 Å². The Balaban J connectivity index is 2.68. The number of carbonyl (C=O) groups is 2. The van der Waals surface area contributed by atoms with Crippen LogP contribution >= 0.6 is 0 Å². The molecule has 0 aliphatic carbocycles. The number of carbonyl (C=O) groups excluding carboxylic acids is 2. The van der Waals surface area contributed by atoms with Crippen LogP contribution in [0.15, 0.2) is 61.7 Å². The zero-order valence-corrected chi connectivity index (χ0v) is 12.2. The summed E-state index contributed by atoms with van der Waals surface area (Å²) in [5.74, 6) is -1.83. The predicted octanol–water partition coefficient (Wildman–Crippen LogP) is 3.63. The molecule has 0 aromatic heterocycles. The van der Waals surface area contributed by atoms with Crippen LogP contribution in [-0.4, -0.2) is 21.8 Å². The van der Waals surface area contributed by atoms with E-state index < -0.39 is 11.6 Å². The standard InChI is InChI=1S/C18H14O5/c1-3-12(19)11-9-10-15(22)18(17(11)13(20)4-2)23-16-8-6-5-7-14(16)21/h3-10,21-22H,1-2H2. The SMILES string of the molecule is C=CC(=O)c1ccc(O)c(Oc2ccccc2O)c1C(=O)C=C. The predicted molar refractivity (Wildman–Crippen MR) is 85.3 cm³/mol. The van der Waals surface area contributed by atoms with Gasteiger partial charge in [-0.1, -0.05) is 25.3 Å². The molecule has 0 unspecified atom stereocenters. The van der Waals surface area contributed by atoms with Gasteiger partial charge in [0.1, 0.15) is 0 Å². The molecular formula is C18H14O5. The molecule has 2 N–H and O–H groups in total. The zero-order valence-electron chi connectivity index (χ0n) is 12.2. The van der Waals surface area contributed by atoms with Crippen molar-refractivity contribution < 1.29 is 24.5 Å². The summed E-state index contributed by atoms with van der Waals surface area (Å²) in [7, 11) is 0. The minimum absolute atomic E-state index is 0.0214. The fourth-order valence-electron chi connectivity index (χ4n) is 1.99. The molecule has 5 nitrogen and oxygen atoms in total. The lowest BCUT2D eigenvalue weighted by Crippen LogP contribution is -2.08. The number of phenols is 2. The van der Waals surface area contributed by atoms with Crippen molar-refractivity contribution in [2.75, 3.05) is 0 Å². The summed E-state index contributed by atoms with van der Waals surface area (Å²) < 4.78 is 5.47. The second kappa shape index (κ2) is 6.62. The number of phenolic OH excluding ortho intramolecular Hbond substituents is 2. The summed E-state index contributed by atoms with van der Waals surface area (Å²) in [6.07, 6.45) is 2.06. The first-order valence-electron chi connectivity index (χ1n) is 6.65. The monoisotopic (exact) mass is 310 g/mol. The highest BCUT2D eigenvalue weighted by atomic mass is 16.5. The molecule has 2 aromatic rings. The zero-order chi connectivity index (χ0) is 17.0. The van der Waals surface area contributed by atoms with Crippen molar-refractivity contribution in [2.24, 2.45) is 0 Å². The van der Waals surface area contributed by atoms with E-state index in [1.165, 1.54) is 24.3 Å². The lowest BCUT2D eigenvalue weighted by Gasteiger charge is -2.14. The van der Waals surface area contributed by atoms with Crippen LogP contribution in [0.4, 0.5) is 0 Å². The molecule has 0 bridgehead atoms. The van der Waals surface area contributed by atoms with Gasteiger partial charge in [0.05, 0.1) is 5.56 Å². The first-order chi connectivity index (χ1) is 11.0. The van der Waals surface area contributed by atoms with E-state index in [0.717, 1.165) is 12.2 Å². The molecule has 0 saturated carbocycles. The second-order valence-electron chi connectivity index (χ2n) is 4.54. The van der Waals surface area contributed by atoms with Crippen LogP contribution in [0.25, 0.3) is 0 Å². The Morgan fingerprint density at radius 1 is 0.913 bits per heavy atom. The summed E-state index contributed by atoms with van der Waals surface area (Å²) in [6, 6.07) is 8.58. The summed E-state index contributed by atoms with van der Waals surface area (Å²) >= 11 is 0. The number of ketones is 2. The van der Waals surface area contributed by atoms with E-state index in [1.54, 1.807) is 12.1 Å². The summed E-state index contributed by atoms with van der Waals surface area (Å²) in [6.45, 7) is 6.77. The van der Waals surface area contributed by atoms with Crippen LogP contribution in [0.3, 0.4) is 0 Å². The second-order valence-corrected chi connectivity index (χ2v) is 4.54. The van der Waals surface area contributed by atoms with Gasteiger partial charge < -0.3 is 14.9 Å². The quantitative estimate of drug-likeness (QED) is 0.629. The van der Waals surface area contributed by atoms with Gasteiger partial charge >= 0.3 is 0 Å². The molecule has 0 radical (unpaired) electrons. The Bertz CT molecular complexity index is 805. The largest absolute Gasteiger partial charge is 0.504 e. The Kier molecular flexibility index (Phi) is 4.61. The molecule has 116 valence electrons. The van der Waals surface area contributed by atoms with E-state index in [0.29, 0.717) is 0 Å². The van der Waals surface area contributed by atoms with E-state index >= 15 is 0 Å². The third-order valence-electron chi connectivity index (χ3n) is 3.10. The average Bonchev–Trinajstić information content (AvgIpc) is 2.56. The van der Waals surface area contributed by atoms with Gasteiger partial charge in [-0.2, -0.15) is 0 Å². The maximum Gasteiger partial charge on any atom is 0.189 e. The van der Waals surface area contributed by atoms with Crippen molar-refractivity contribution in [3.63, 3.8) is 0 Å². The van der Waals surface area contributed by atoms with Gasteiger partial charge in [-0.05, 0) is 36.4 Å².